The van der Waals surface area contributed by atoms with Gasteiger partial charge in [-0.05, 0) is 38.4 Å². The molecule has 0 saturated carbocycles. The fraction of sp³-hybridized carbons (Fsp3) is 0.667. The zero-order chi connectivity index (χ0) is 12.0. The van der Waals surface area contributed by atoms with E-state index in [1.165, 1.54) is 4.88 Å². The third kappa shape index (κ3) is 4.42. The average Bonchev–Trinajstić information content (AvgIpc) is 2.70. The molecule has 0 fully saturated rings. The van der Waals surface area contributed by atoms with Gasteiger partial charge in [-0.3, -0.25) is 0 Å². The minimum absolute atomic E-state index is 0.259. The molecule has 1 N–H and O–H groups in total. The lowest BCUT2D eigenvalue weighted by atomic mass is 10.1. The van der Waals surface area contributed by atoms with E-state index in [0.717, 1.165) is 23.7 Å². The van der Waals surface area contributed by atoms with E-state index in [4.69, 9.17) is 16.3 Å². The van der Waals surface area contributed by atoms with Gasteiger partial charge >= 0.3 is 0 Å². The maximum absolute atomic E-state index is 5.97. The monoisotopic (exact) mass is 261 g/mol. The van der Waals surface area contributed by atoms with E-state index in [9.17, 15) is 0 Å². The first-order valence-corrected chi connectivity index (χ1v) is 6.88. The summed E-state index contributed by atoms with van der Waals surface area (Å²) >= 11 is 7.61. The zero-order valence-electron chi connectivity index (χ0n) is 10.1. The second-order valence-corrected chi connectivity index (χ2v) is 5.68. The molecular weight excluding hydrogens is 242 g/mol. The molecule has 0 aromatic carbocycles. The summed E-state index contributed by atoms with van der Waals surface area (Å²) < 4.78 is 6.17. The fourth-order valence-electron chi connectivity index (χ4n) is 1.56. The molecule has 0 aliphatic heterocycles. The third-order valence-electron chi connectivity index (χ3n) is 2.55. The van der Waals surface area contributed by atoms with Crippen LogP contribution in [0.4, 0.5) is 0 Å². The lowest BCUT2D eigenvalue weighted by Gasteiger charge is -2.20. The highest BCUT2D eigenvalue weighted by Gasteiger charge is 2.16. The predicted octanol–water partition coefficient (Wildman–Crippen LogP) is 3.87. The van der Waals surface area contributed by atoms with E-state index >= 15 is 0 Å². The molecule has 2 atom stereocenters. The Morgan fingerprint density at radius 1 is 1.50 bits per heavy atom. The smallest absolute Gasteiger partial charge is 0.0931 e. The molecule has 0 aliphatic carbocycles. The molecule has 0 saturated heterocycles. The number of hydrogen-bond donors (Lipinski definition) is 1. The van der Waals surface area contributed by atoms with Crippen LogP contribution in [0.2, 0.25) is 4.34 Å². The molecule has 0 aliphatic rings. The quantitative estimate of drug-likeness (QED) is 0.805. The molecule has 0 bridgehead atoms. The van der Waals surface area contributed by atoms with Crippen LogP contribution < -0.4 is 5.32 Å². The first-order chi connectivity index (χ1) is 7.67. The van der Waals surface area contributed by atoms with Crippen molar-refractivity contribution in [2.45, 2.75) is 38.8 Å². The highest BCUT2D eigenvalue weighted by atomic mass is 35.5. The number of nitrogens with one attached hydrogen (secondary N) is 1. The van der Waals surface area contributed by atoms with E-state index in [1.54, 1.807) is 18.4 Å². The molecule has 1 aromatic rings. The Bertz CT molecular complexity index is 303. The van der Waals surface area contributed by atoms with Crippen LogP contribution in [0.3, 0.4) is 0 Å². The number of rotatable bonds is 7. The van der Waals surface area contributed by atoms with Crippen molar-refractivity contribution in [2.75, 3.05) is 13.7 Å². The van der Waals surface area contributed by atoms with Crippen molar-refractivity contribution in [2.24, 2.45) is 0 Å². The van der Waals surface area contributed by atoms with Gasteiger partial charge in [0.05, 0.1) is 10.4 Å². The van der Waals surface area contributed by atoms with Crippen LogP contribution in [0, 0.1) is 0 Å². The Morgan fingerprint density at radius 2 is 2.25 bits per heavy atom. The third-order valence-corrected chi connectivity index (χ3v) is 3.89. The van der Waals surface area contributed by atoms with Crippen LogP contribution in [-0.2, 0) is 4.74 Å². The number of ether oxygens (including phenoxy) is 1. The second-order valence-electron chi connectivity index (χ2n) is 3.93. The highest BCUT2D eigenvalue weighted by molar-refractivity contribution is 7.16. The summed E-state index contributed by atoms with van der Waals surface area (Å²) in [7, 11) is 1.75. The van der Waals surface area contributed by atoms with Crippen molar-refractivity contribution in [3.8, 4) is 0 Å². The Labute approximate surface area is 107 Å². The molecule has 16 heavy (non-hydrogen) atoms. The number of halogens is 1. The summed E-state index contributed by atoms with van der Waals surface area (Å²) in [5.74, 6) is 0. The lowest BCUT2D eigenvalue weighted by Crippen LogP contribution is -2.25. The molecule has 1 rings (SSSR count). The highest BCUT2D eigenvalue weighted by Crippen LogP contribution is 2.29. The molecule has 0 amide bonds. The maximum atomic E-state index is 5.97. The SMILES string of the molecule is CCCNC(CC(C)OC)c1ccc(Cl)s1. The van der Waals surface area contributed by atoms with Gasteiger partial charge in [0.15, 0.2) is 0 Å². The average molecular weight is 262 g/mol. The first kappa shape index (κ1) is 14.0. The van der Waals surface area contributed by atoms with Gasteiger partial charge in [0.25, 0.3) is 0 Å². The largest absolute Gasteiger partial charge is 0.382 e. The van der Waals surface area contributed by atoms with Crippen molar-refractivity contribution in [1.82, 2.24) is 5.32 Å². The summed E-state index contributed by atoms with van der Waals surface area (Å²) in [6.45, 7) is 5.29. The number of hydrogen-bond acceptors (Lipinski definition) is 3. The standard InChI is InChI=1S/C12H20ClNOS/c1-4-7-14-10(8-9(2)15-3)11-5-6-12(13)16-11/h5-6,9-10,14H,4,7-8H2,1-3H3. The summed E-state index contributed by atoms with van der Waals surface area (Å²) in [6, 6.07) is 4.41. The van der Waals surface area contributed by atoms with E-state index in [2.05, 4.69) is 25.2 Å². The van der Waals surface area contributed by atoms with Crippen LogP contribution in [0.1, 0.15) is 37.6 Å². The van der Waals surface area contributed by atoms with Gasteiger partial charge in [-0.2, -0.15) is 0 Å². The fourth-order valence-corrected chi connectivity index (χ4v) is 2.71. The second kappa shape index (κ2) is 7.28. The van der Waals surface area contributed by atoms with Crippen molar-refractivity contribution in [3.05, 3.63) is 21.3 Å². The van der Waals surface area contributed by atoms with Gasteiger partial charge in [0.1, 0.15) is 0 Å². The molecule has 0 spiro atoms. The molecule has 1 heterocycles. The molecule has 4 heteroatoms. The number of thiophene rings is 1. The van der Waals surface area contributed by atoms with Crippen LogP contribution in [0.25, 0.3) is 0 Å². The van der Waals surface area contributed by atoms with Gasteiger partial charge in [0.2, 0.25) is 0 Å². The lowest BCUT2D eigenvalue weighted by molar-refractivity contribution is 0.101. The first-order valence-electron chi connectivity index (χ1n) is 5.68. The summed E-state index contributed by atoms with van der Waals surface area (Å²) in [4.78, 5) is 1.29. The predicted molar refractivity (Wildman–Crippen MR) is 71.5 cm³/mol. The molecule has 0 radical (unpaired) electrons. The summed E-state index contributed by atoms with van der Waals surface area (Å²) in [5.41, 5.74) is 0. The van der Waals surface area contributed by atoms with E-state index in [1.807, 2.05) is 6.07 Å². The van der Waals surface area contributed by atoms with Crippen molar-refractivity contribution in [1.29, 1.82) is 0 Å². The van der Waals surface area contributed by atoms with Crippen LogP contribution >= 0.6 is 22.9 Å². The zero-order valence-corrected chi connectivity index (χ0v) is 11.7. The molecule has 2 unspecified atom stereocenters. The van der Waals surface area contributed by atoms with Gasteiger partial charge in [-0.15, -0.1) is 11.3 Å². The van der Waals surface area contributed by atoms with Crippen LogP contribution in [0.15, 0.2) is 12.1 Å². The van der Waals surface area contributed by atoms with E-state index in [-0.39, 0.29) is 6.10 Å². The minimum atomic E-state index is 0.259. The maximum Gasteiger partial charge on any atom is 0.0931 e. The molecule has 92 valence electrons. The van der Waals surface area contributed by atoms with Crippen molar-refractivity contribution in [3.63, 3.8) is 0 Å². The Hall–Kier alpha value is -0.0900. The minimum Gasteiger partial charge on any atom is -0.382 e. The number of methoxy groups -OCH3 is 1. The van der Waals surface area contributed by atoms with Crippen LogP contribution in [0.5, 0.6) is 0 Å². The molecule has 1 aromatic heterocycles. The van der Waals surface area contributed by atoms with Crippen LogP contribution in [-0.4, -0.2) is 19.8 Å². The van der Waals surface area contributed by atoms with Gasteiger partial charge in [0, 0.05) is 18.0 Å². The molecular formula is C12H20ClNOS. The van der Waals surface area contributed by atoms with Crippen molar-refractivity contribution < 1.29 is 4.74 Å². The Kier molecular flexibility index (Phi) is 6.36. The molecule has 2 nitrogen and oxygen atoms in total. The summed E-state index contributed by atoms with van der Waals surface area (Å²) in [6.07, 6.45) is 2.37. The Balaban J connectivity index is 2.62. The van der Waals surface area contributed by atoms with Gasteiger partial charge < -0.3 is 10.1 Å². The van der Waals surface area contributed by atoms with Crippen molar-refractivity contribution >= 4 is 22.9 Å². The van der Waals surface area contributed by atoms with E-state index in [0.29, 0.717) is 6.04 Å². The topological polar surface area (TPSA) is 21.3 Å². The van der Waals surface area contributed by atoms with E-state index < -0.39 is 0 Å². The summed E-state index contributed by atoms with van der Waals surface area (Å²) in [5, 5.41) is 3.54. The van der Waals surface area contributed by atoms with Gasteiger partial charge in [-0.25, -0.2) is 0 Å². The normalized spacial score (nSPS) is 15.0. The van der Waals surface area contributed by atoms with Gasteiger partial charge in [-0.1, -0.05) is 18.5 Å². The Morgan fingerprint density at radius 3 is 2.75 bits per heavy atom.